The first kappa shape index (κ1) is 15.8. The molecule has 1 atom stereocenters. The summed E-state index contributed by atoms with van der Waals surface area (Å²) in [6, 6.07) is 0.707. The molecule has 3 aliphatic rings. The van der Waals surface area contributed by atoms with Crippen LogP contribution in [0.4, 0.5) is 0 Å². The Bertz CT molecular complexity index is 304. The average Bonchev–Trinajstić information content (AvgIpc) is 3.23. The molecule has 122 valence electrons. The fourth-order valence-corrected chi connectivity index (χ4v) is 4.57. The number of nitrogens with one attached hydrogen (secondary N) is 1. The second-order valence-electron chi connectivity index (χ2n) is 7.44. The van der Waals surface area contributed by atoms with Gasteiger partial charge in [0, 0.05) is 24.7 Å². The van der Waals surface area contributed by atoms with Crippen molar-refractivity contribution in [3.8, 4) is 0 Å². The van der Waals surface area contributed by atoms with Crippen LogP contribution in [0.1, 0.15) is 64.7 Å². The third-order valence-electron chi connectivity index (χ3n) is 5.96. The average molecular weight is 294 g/mol. The third-order valence-corrected chi connectivity index (χ3v) is 5.96. The van der Waals surface area contributed by atoms with E-state index in [2.05, 4.69) is 17.1 Å². The molecule has 1 saturated heterocycles. The minimum Gasteiger partial charge on any atom is -0.379 e. The molecule has 3 heteroatoms. The highest BCUT2D eigenvalue weighted by Crippen LogP contribution is 2.42. The summed E-state index contributed by atoms with van der Waals surface area (Å²) >= 11 is 0. The Hall–Kier alpha value is -0.120. The lowest BCUT2D eigenvalue weighted by Crippen LogP contribution is -2.62. The lowest BCUT2D eigenvalue weighted by Gasteiger charge is -2.49. The van der Waals surface area contributed by atoms with Crippen LogP contribution in [0.3, 0.4) is 0 Å². The normalized spacial score (nSPS) is 27.9. The van der Waals surface area contributed by atoms with E-state index in [0.717, 1.165) is 32.2 Å². The summed E-state index contributed by atoms with van der Waals surface area (Å²) < 4.78 is 5.61. The molecule has 1 heterocycles. The summed E-state index contributed by atoms with van der Waals surface area (Å²) in [7, 11) is 0. The van der Waals surface area contributed by atoms with Gasteiger partial charge < -0.3 is 10.1 Å². The molecule has 2 saturated carbocycles. The fourth-order valence-electron chi connectivity index (χ4n) is 4.57. The summed E-state index contributed by atoms with van der Waals surface area (Å²) in [5.74, 6) is 1.05. The highest BCUT2D eigenvalue weighted by Gasteiger charge is 2.46. The number of rotatable bonds is 8. The van der Waals surface area contributed by atoms with Gasteiger partial charge in [-0.3, -0.25) is 4.90 Å². The van der Waals surface area contributed by atoms with Crippen molar-refractivity contribution in [3.05, 3.63) is 0 Å². The van der Waals surface area contributed by atoms with Gasteiger partial charge in [0.25, 0.3) is 0 Å². The first-order valence-corrected chi connectivity index (χ1v) is 9.41. The molecule has 3 nitrogen and oxygen atoms in total. The molecule has 0 amide bonds. The van der Waals surface area contributed by atoms with E-state index >= 15 is 0 Å². The van der Waals surface area contributed by atoms with Gasteiger partial charge in [0.2, 0.25) is 0 Å². The Balaban J connectivity index is 1.69. The summed E-state index contributed by atoms with van der Waals surface area (Å²) in [5, 5.41) is 3.95. The molecular weight excluding hydrogens is 260 g/mol. The second-order valence-corrected chi connectivity index (χ2v) is 7.44. The first-order chi connectivity index (χ1) is 10.3. The predicted octanol–water partition coefficient (Wildman–Crippen LogP) is 3.19. The SMILES string of the molecule is CCCNC(CCC1CC1)C1(N2CCOCC2)CCCC1. The van der Waals surface area contributed by atoms with Crippen LogP contribution < -0.4 is 5.32 Å². The van der Waals surface area contributed by atoms with Crippen molar-refractivity contribution in [2.24, 2.45) is 5.92 Å². The zero-order valence-electron chi connectivity index (χ0n) is 13.9. The van der Waals surface area contributed by atoms with Gasteiger partial charge in [-0.05, 0) is 44.6 Å². The Morgan fingerprint density at radius 2 is 1.90 bits per heavy atom. The molecule has 0 spiro atoms. The number of hydrogen-bond acceptors (Lipinski definition) is 3. The van der Waals surface area contributed by atoms with Crippen molar-refractivity contribution >= 4 is 0 Å². The predicted molar refractivity (Wildman–Crippen MR) is 87.6 cm³/mol. The third kappa shape index (κ3) is 3.80. The fraction of sp³-hybridized carbons (Fsp3) is 1.00. The smallest absolute Gasteiger partial charge is 0.0594 e. The van der Waals surface area contributed by atoms with E-state index in [1.54, 1.807) is 0 Å². The van der Waals surface area contributed by atoms with Crippen molar-refractivity contribution in [1.29, 1.82) is 0 Å². The maximum Gasteiger partial charge on any atom is 0.0594 e. The van der Waals surface area contributed by atoms with E-state index in [1.807, 2.05) is 0 Å². The van der Waals surface area contributed by atoms with Gasteiger partial charge in [0.15, 0.2) is 0 Å². The number of hydrogen-bond donors (Lipinski definition) is 1. The molecule has 0 bridgehead atoms. The van der Waals surface area contributed by atoms with Gasteiger partial charge in [-0.2, -0.15) is 0 Å². The molecule has 1 N–H and O–H groups in total. The van der Waals surface area contributed by atoms with Crippen molar-refractivity contribution in [2.75, 3.05) is 32.8 Å². The van der Waals surface area contributed by atoms with Gasteiger partial charge in [-0.15, -0.1) is 0 Å². The minimum absolute atomic E-state index is 0.438. The lowest BCUT2D eigenvalue weighted by atomic mass is 9.82. The molecular formula is C18H34N2O. The lowest BCUT2D eigenvalue weighted by molar-refractivity contribution is -0.0372. The van der Waals surface area contributed by atoms with Crippen LogP contribution in [0.2, 0.25) is 0 Å². The van der Waals surface area contributed by atoms with Gasteiger partial charge in [-0.25, -0.2) is 0 Å². The van der Waals surface area contributed by atoms with Crippen molar-refractivity contribution < 1.29 is 4.74 Å². The highest BCUT2D eigenvalue weighted by molar-refractivity contribution is 5.04. The monoisotopic (exact) mass is 294 g/mol. The summed E-state index contributed by atoms with van der Waals surface area (Å²) in [5.41, 5.74) is 0.438. The van der Waals surface area contributed by atoms with Crippen LogP contribution in [-0.2, 0) is 4.74 Å². The second kappa shape index (κ2) is 7.43. The quantitative estimate of drug-likeness (QED) is 0.744. The number of morpholine rings is 1. The first-order valence-electron chi connectivity index (χ1n) is 9.41. The summed E-state index contributed by atoms with van der Waals surface area (Å²) in [6.45, 7) is 7.64. The molecule has 1 unspecified atom stereocenters. The van der Waals surface area contributed by atoms with Crippen LogP contribution in [0, 0.1) is 5.92 Å². The highest BCUT2D eigenvalue weighted by atomic mass is 16.5. The number of nitrogens with zero attached hydrogens (tertiary/aromatic N) is 1. The largest absolute Gasteiger partial charge is 0.379 e. The summed E-state index contributed by atoms with van der Waals surface area (Å²) in [6.07, 6.45) is 12.7. The Labute approximate surface area is 130 Å². The van der Waals surface area contributed by atoms with Crippen molar-refractivity contribution in [3.63, 3.8) is 0 Å². The van der Waals surface area contributed by atoms with E-state index < -0.39 is 0 Å². The molecule has 0 aromatic rings. The van der Waals surface area contributed by atoms with Crippen molar-refractivity contribution in [2.45, 2.75) is 76.3 Å². The molecule has 3 fully saturated rings. The topological polar surface area (TPSA) is 24.5 Å². The minimum atomic E-state index is 0.438. The van der Waals surface area contributed by atoms with Gasteiger partial charge in [0.1, 0.15) is 0 Å². The van der Waals surface area contributed by atoms with Gasteiger partial charge in [-0.1, -0.05) is 32.6 Å². The van der Waals surface area contributed by atoms with Crippen molar-refractivity contribution in [1.82, 2.24) is 10.2 Å². The van der Waals surface area contributed by atoms with Gasteiger partial charge >= 0.3 is 0 Å². The standard InChI is InChI=1S/C18H34N2O/c1-2-11-19-17(8-7-16-5-6-16)18(9-3-4-10-18)20-12-14-21-15-13-20/h16-17,19H,2-15H2,1H3. The molecule has 1 aliphatic heterocycles. The number of ether oxygens (including phenoxy) is 1. The molecule has 0 aromatic carbocycles. The van der Waals surface area contributed by atoms with E-state index in [-0.39, 0.29) is 0 Å². The van der Waals surface area contributed by atoms with E-state index in [1.165, 1.54) is 64.3 Å². The maximum absolute atomic E-state index is 5.61. The molecule has 0 aromatic heterocycles. The van der Waals surface area contributed by atoms with Gasteiger partial charge in [0.05, 0.1) is 13.2 Å². The molecule has 2 aliphatic carbocycles. The molecule has 0 radical (unpaired) electrons. The zero-order chi connectivity index (χ0) is 14.5. The van der Waals surface area contributed by atoms with E-state index in [4.69, 9.17) is 4.74 Å². The zero-order valence-corrected chi connectivity index (χ0v) is 13.9. The molecule has 21 heavy (non-hydrogen) atoms. The van der Waals surface area contributed by atoms with Crippen LogP contribution in [0.5, 0.6) is 0 Å². The Kier molecular flexibility index (Phi) is 5.58. The van der Waals surface area contributed by atoms with E-state index in [0.29, 0.717) is 11.6 Å². The molecule has 3 rings (SSSR count). The Morgan fingerprint density at radius 1 is 1.19 bits per heavy atom. The maximum atomic E-state index is 5.61. The van der Waals surface area contributed by atoms with Crippen LogP contribution in [0.25, 0.3) is 0 Å². The van der Waals surface area contributed by atoms with E-state index in [9.17, 15) is 0 Å². The van der Waals surface area contributed by atoms with Crippen LogP contribution >= 0.6 is 0 Å². The summed E-state index contributed by atoms with van der Waals surface area (Å²) in [4.78, 5) is 2.80. The van der Waals surface area contributed by atoms with Crippen LogP contribution in [-0.4, -0.2) is 49.3 Å². The Morgan fingerprint density at radius 3 is 2.52 bits per heavy atom. The van der Waals surface area contributed by atoms with Crippen LogP contribution in [0.15, 0.2) is 0 Å².